The molecule has 0 bridgehead atoms. The number of carbonyl (C=O) groups is 3. The summed E-state index contributed by atoms with van der Waals surface area (Å²) in [4.78, 5) is 34.6. The van der Waals surface area contributed by atoms with Gasteiger partial charge in [-0.2, -0.15) is 0 Å². The first-order valence-corrected chi connectivity index (χ1v) is 7.30. The molecule has 0 aromatic heterocycles. The van der Waals surface area contributed by atoms with Crippen molar-refractivity contribution in [1.29, 1.82) is 0 Å². The van der Waals surface area contributed by atoms with Crippen molar-refractivity contribution >= 4 is 23.4 Å². The number of rotatable bonds is 6. The molecule has 0 heterocycles. The van der Waals surface area contributed by atoms with Gasteiger partial charge in [0.25, 0.3) is 11.8 Å². The van der Waals surface area contributed by atoms with Crippen LogP contribution < -0.4 is 16.4 Å². The minimum Gasteiger partial charge on any atom is -0.370 e. The van der Waals surface area contributed by atoms with Crippen LogP contribution in [0.2, 0.25) is 0 Å². The molecular formula is C17H15F2N3O3. The number of hydrogen-bond acceptors (Lipinski definition) is 3. The molecule has 2 rings (SSSR count). The number of nitrogens with two attached hydrogens (primary N) is 1. The van der Waals surface area contributed by atoms with Gasteiger partial charge in [0.05, 0.1) is 5.69 Å². The third kappa shape index (κ3) is 5.10. The third-order valence-corrected chi connectivity index (χ3v) is 3.22. The number of hydrogen-bond donors (Lipinski definition) is 3. The summed E-state index contributed by atoms with van der Waals surface area (Å²) in [5, 5.41) is 4.73. The summed E-state index contributed by atoms with van der Waals surface area (Å²) in [6, 6.07) is 8.30. The molecule has 0 radical (unpaired) electrons. The first-order chi connectivity index (χ1) is 11.9. The highest BCUT2D eigenvalue weighted by molar-refractivity contribution is 6.05. The van der Waals surface area contributed by atoms with Crippen LogP contribution in [0.25, 0.3) is 0 Å². The summed E-state index contributed by atoms with van der Waals surface area (Å²) in [5.41, 5.74) is 4.84. The summed E-state index contributed by atoms with van der Waals surface area (Å²) in [6.07, 6.45) is -0.0316. The standard InChI is InChI=1S/C17H15F2N3O3/c18-12-3-1-2-10(8-12)17(25)22-14-9-11(4-5-13(14)19)16(24)21-7-6-15(20)23/h1-5,8-9H,6-7H2,(H2,20,23)(H,21,24)(H,22,25). The smallest absolute Gasteiger partial charge is 0.255 e. The highest BCUT2D eigenvalue weighted by Crippen LogP contribution is 2.17. The molecule has 25 heavy (non-hydrogen) atoms. The lowest BCUT2D eigenvalue weighted by Crippen LogP contribution is -2.28. The second-order valence-corrected chi connectivity index (χ2v) is 5.13. The average molecular weight is 347 g/mol. The lowest BCUT2D eigenvalue weighted by molar-refractivity contribution is -0.117. The van der Waals surface area contributed by atoms with E-state index < -0.39 is 29.4 Å². The third-order valence-electron chi connectivity index (χ3n) is 3.22. The quantitative estimate of drug-likeness (QED) is 0.743. The Balaban J connectivity index is 2.11. The van der Waals surface area contributed by atoms with E-state index in [4.69, 9.17) is 5.73 Å². The van der Waals surface area contributed by atoms with Crippen LogP contribution in [0.1, 0.15) is 27.1 Å². The monoisotopic (exact) mass is 347 g/mol. The van der Waals surface area contributed by atoms with Crippen molar-refractivity contribution in [1.82, 2.24) is 5.32 Å². The van der Waals surface area contributed by atoms with E-state index in [9.17, 15) is 23.2 Å². The fourth-order valence-corrected chi connectivity index (χ4v) is 1.99. The number of benzene rings is 2. The first-order valence-electron chi connectivity index (χ1n) is 7.30. The Bertz CT molecular complexity index is 825. The Morgan fingerprint density at radius 2 is 1.68 bits per heavy atom. The van der Waals surface area contributed by atoms with E-state index in [2.05, 4.69) is 10.6 Å². The Morgan fingerprint density at radius 3 is 2.36 bits per heavy atom. The van der Waals surface area contributed by atoms with Crippen LogP contribution in [0.4, 0.5) is 14.5 Å². The van der Waals surface area contributed by atoms with Crippen molar-refractivity contribution < 1.29 is 23.2 Å². The molecule has 0 fully saturated rings. The zero-order valence-electron chi connectivity index (χ0n) is 13.0. The topological polar surface area (TPSA) is 101 Å². The molecule has 3 amide bonds. The average Bonchev–Trinajstić information content (AvgIpc) is 2.56. The molecule has 8 heteroatoms. The number of anilines is 1. The van der Waals surface area contributed by atoms with E-state index in [-0.39, 0.29) is 29.8 Å². The summed E-state index contributed by atoms with van der Waals surface area (Å²) < 4.78 is 27.0. The molecule has 130 valence electrons. The summed E-state index contributed by atoms with van der Waals surface area (Å²) in [7, 11) is 0. The van der Waals surface area contributed by atoms with Gasteiger partial charge in [0.15, 0.2) is 0 Å². The molecule has 0 aliphatic rings. The molecule has 0 unspecified atom stereocenters. The normalized spacial score (nSPS) is 10.2. The van der Waals surface area contributed by atoms with Crippen molar-refractivity contribution in [3.05, 3.63) is 65.2 Å². The van der Waals surface area contributed by atoms with E-state index >= 15 is 0 Å². The maximum atomic E-state index is 13.9. The maximum Gasteiger partial charge on any atom is 0.255 e. The molecule has 4 N–H and O–H groups in total. The van der Waals surface area contributed by atoms with Gasteiger partial charge >= 0.3 is 0 Å². The lowest BCUT2D eigenvalue weighted by atomic mass is 10.1. The first kappa shape index (κ1) is 18.1. The van der Waals surface area contributed by atoms with Gasteiger partial charge < -0.3 is 16.4 Å². The number of carbonyl (C=O) groups excluding carboxylic acids is 3. The van der Waals surface area contributed by atoms with E-state index in [0.717, 1.165) is 18.2 Å². The molecule has 0 atom stereocenters. The molecule has 0 saturated carbocycles. The zero-order chi connectivity index (χ0) is 18.4. The SMILES string of the molecule is NC(=O)CCNC(=O)c1ccc(F)c(NC(=O)c2cccc(F)c2)c1. The summed E-state index contributed by atoms with van der Waals surface area (Å²) in [5.74, 6) is -3.19. The van der Waals surface area contributed by atoms with E-state index in [0.29, 0.717) is 0 Å². The van der Waals surface area contributed by atoms with Gasteiger partial charge in [-0.05, 0) is 36.4 Å². The molecular weight excluding hydrogens is 332 g/mol. The molecule has 2 aromatic rings. The predicted octanol–water partition coefficient (Wildman–Crippen LogP) is 1.82. The number of nitrogens with one attached hydrogen (secondary N) is 2. The second kappa shape index (κ2) is 8.00. The van der Waals surface area contributed by atoms with Gasteiger partial charge in [-0.3, -0.25) is 14.4 Å². The van der Waals surface area contributed by atoms with Crippen LogP contribution in [-0.4, -0.2) is 24.3 Å². The molecule has 0 aliphatic heterocycles. The van der Waals surface area contributed by atoms with Crippen molar-refractivity contribution in [2.75, 3.05) is 11.9 Å². The van der Waals surface area contributed by atoms with E-state index in [1.54, 1.807) is 0 Å². The predicted molar refractivity (Wildman–Crippen MR) is 86.9 cm³/mol. The number of primary amides is 1. The lowest BCUT2D eigenvalue weighted by Gasteiger charge is -2.09. The van der Waals surface area contributed by atoms with Gasteiger partial charge in [0, 0.05) is 24.1 Å². The van der Waals surface area contributed by atoms with E-state index in [1.165, 1.54) is 24.3 Å². The van der Waals surface area contributed by atoms with Crippen molar-refractivity contribution in [2.45, 2.75) is 6.42 Å². The van der Waals surface area contributed by atoms with Gasteiger partial charge in [-0.15, -0.1) is 0 Å². The largest absolute Gasteiger partial charge is 0.370 e. The van der Waals surface area contributed by atoms with Crippen LogP contribution in [0.5, 0.6) is 0 Å². The Hall–Kier alpha value is -3.29. The highest BCUT2D eigenvalue weighted by Gasteiger charge is 2.13. The number of halogens is 2. The summed E-state index contributed by atoms with van der Waals surface area (Å²) in [6.45, 7) is 0.0382. The van der Waals surface area contributed by atoms with Gasteiger partial charge in [0.1, 0.15) is 11.6 Å². The highest BCUT2D eigenvalue weighted by atomic mass is 19.1. The van der Waals surface area contributed by atoms with Crippen LogP contribution in [0.15, 0.2) is 42.5 Å². The van der Waals surface area contributed by atoms with Crippen LogP contribution in [-0.2, 0) is 4.79 Å². The van der Waals surface area contributed by atoms with Gasteiger partial charge in [0.2, 0.25) is 5.91 Å². The molecule has 0 spiro atoms. The van der Waals surface area contributed by atoms with Gasteiger partial charge in [-0.1, -0.05) is 6.07 Å². The Morgan fingerprint density at radius 1 is 0.960 bits per heavy atom. The minimum atomic E-state index is -0.751. The van der Waals surface area contributed by atoms with Gasteiger partial charge in [-0.25, -0.2) is 8.78 Å². The van der Waals surface area contributed by atoms with E-state index in [1.807, 2.05) is 0 Å². The second-order valence-electron chi connectivity index (χ2n) is 5.13. The summed E-state index contributed by atoms with van der Waals surface area (Å²) >= 11 is 0. The zero-order valence-corrected chi connectivity index (χ0v) is 13.0. The Kier molecular flexibility index (Phi) is 5.78. The van der Waals surface area contributed by atoms with Crippen molar-refractivity contribution in [3.63, 3.8) is 0 Å². The van der Waals surface area contributed by atoms with Crippen LogP contribution in [0.3, 0.4) is 0 Å². The molecule has 6 nitrogen and oxygen atoms in total. The fraction of sp³-hybridized carbons (Fsp3) is 0.118. The maximum absolute atomic E-state index is 13.9. The molecule has 0 aliphatic carbocycles. The fourth-order valence-electron chi connectivity index (χ4n) is 1.99. The van der Waals surface area contributed by atoms with Crippen molar-refractivity contribution in [3.8, 4) is 0 Å². The van der Waals surface area contributed by atoms with Crippen molar-refractivity contribution in [2.24, 2.45) is 5.73 Å². The molecule has 2 aromatic carbocycles. The van der Waals surface area contributed by atoms with Crippen LogP contribution >= 0.6 is 0 Å². The Labute approximate surface area is 142 Å². The minimum absolute atomic E-state index is 0.00992. The molecule has 0 saturated heterocycles. The van der Waals surface area contributed by atoms with Crippen LogP contribution in [0, 0.1) is 11.6 Å². The number of amides is 3.